The Morgan fingerprint density at radius 3 is 2.45 bits per heavy atom. The first-order valence-electron chi connectivity index (χ1n) is 6.17. The van der Waals surface area contributed by atoms with Crippen LogP contribution in [0.25, 0.3) is 11.1 Å². The molecule has 0 bridgehead atoms. The van der Waals surface area contributed by atoms with Crippen LogP contribution in [0.5, 0.6) is 0 Å². The molecule has 0 saturated heterocycles. The molecule has 0 radical (unpaired) electrons. The molecule has 5 heteroatoms. The second-order valence-electron chi connectivity index (χ2n) is 4.71. The summed E-state index contributed by atoms with van der Waals surface area (Å²) in [4.78, 5) is 11.8. The zero-order valence-corrected chi connectivity index (χ0v) is 11.4. The van der Waals surface area contributed by atoms with Gasteiger partial charge in [-0.05, 0) is 46.6 Å². The van der Waals surface area contributed by atoms with E-state index in [1.807, 2.05) is 42.5 Å². The van der Waals surface area contributed by atoms with Crippen molar-refractivity contribution in [2.75, 3.05) is 5.32 Å². The Balaban J connectivity index is 2.17. The molecule has 1 atom stereocenters. The van der Waals surface area contributed by atoms with E-state index in [1.54, 1.807) is 0 Å². The number of nitrogens with two attached hydrogens (primary N) is 2. The van der Waals surface area contributed by atoms with Crippen LogP contribution in [0.3, 0.4) is 0 Å². The van der Waals surface area contributed by atoms with E-state index in [0.29, 0.717) is 0 Å². The average molecular weight is 283 g/mol. The van der Waals surface area contributed by atoms with Crippen LogP contribution in [-0.4, -0.2) is 11.0 Å². The molecule has 0 spiro atoms. The smallest absolute Gasteiger partial charge is 0.229 e. The number of nitrogens with one attached hydrogen (secondary N) is 1. The minimum Gasteiger partial charge on any atom is -0.376 e. The quantitative estimate of drug-likeness (QED) is 0.736. The topological polar surface area (TPSA) is 81.1 Å². The Morgan fingerprint density at radius 2 is 1.75 bits per heavy atom. The summed E-state index contributed by atoms with van der Waals surface area (Å²) < 4.78 is 0. The van der Waals surface area contributed by atoms with E-state index < -0.39 is 5.92 Å². The zero-order chi connectivity index (χ0) is 14.3. The van der Waals surface area contributed by atoms with Gasteiger partial charge < -0.3 is 16.8 Å². The minimum atomic E-state index is -0.422. The highest BCUT2D eigenvalue weighted by Crippen LogP contribution is 2.45. The van der Waals surface area contributed by atoms with E-state index in [-0.39, 0.29) is 11.0 Å². The van der Waals surface area contributed by atoms with Gasteiger partial charge >= 0.3 is 0 Å². The van der Waals surface area contributed by atoms with Crippen LogP contribution in [0.4, 0.5) is 5.69 Å². The normalized spacial score (nSPS) is 15.3. The SMILES string of the molecule is NC(=O)C1c2ccccc2-c2ccc(NC(N)=S)cc21. The molecule has 0 aromatic heterocycles. The minimum absolute atomic E-state index is 0.191. The van der Waals surface area contributed by atoms with Crippen molar-refractivity contribution in [1.29, 1.82) is 0 Å². The van der Waals surface area contributed by atoms with Crippen LogP contribution in [0.2, 0.25) is 0 Å². The molecule has 0 heterocycles. The van der Waals surface area contributed by atoms with Crippen molar-refractivity contribution in [3.05, 3.63) is 53.6 Å². The lowest BCUT2D eigenvalue weighted by atomic mass is 9.96. The number of amides is 1. The molecular weight excluding hydrogens is 270 g/mol. The first kappa shape index (κ1) is 12.6. The van der Waals surface area contributed by atoms with Gasteiger partial charge in [0.2, 0.25) is 5.91 Å². The van der Waals surface area contributed by atoms with E-state index in [9.17, 15) is 4.79 Å². The molecule has 5 N–H and O–H groups in total. The Kier molecular flexibility index (Phi) is 2.91. The lowest BCUT2D eigenvalue weighted by Gasteiger charge is -2.11. The molecular formula is C15H13N3OS. The van der Waals surface area contributed by atoms with Crippen molar-refractivity contribution in [2.45, 2.75) is 5.92 Å². The molecule has 1 unspecified atom stereocenters. The van der Waals surface area contributed by atoms with Gasteiger partial charge in [0.15, 0.2) is 5.11 Å². The lowest BCUT2D eigenvalue weighted by Crippen LogP contribution is -2.21. The molecule has 2 aromatic rings. The molecule has 1 aliphatic rings. The first-order valence-corrected chi connectivity index (χ1v) is 6.58. The fourth-order valence-electron chi connectivity index (χ4n) is 2.73. The van der Waals surface area contributed by atoms with Crippen LogP contribution in [0.1, 0.15) is 17.0 Å². The molecule has 2 aromatic carbocycles. The average Bonchev–Trinajstić information content (AvgIpc) is 2.71. The monoisotopic (exact) mass is 283 g/mol. The maximum atomic E-state index is 11.8. The third-order valence-corrected chi connectivity index (χ3v) is 3.58. The predicted molar refractivity (Wildman–Crippen MR) is 83.3 cm³/mol. The highest BCUT2D eigenvalue weighted by atomic mass is 32.1. The summed E-state index contributed by atoms with van der Waals surface area (Å²) in [5.74, 6) is -0.780. The third-order valence-electron chi connectivity index (χ3n) is 3.48. The summed E-state index contributed by atoms with van der Waals surface area (Å²) in [7, 11) is 0. The third kappa shape index (κ3) is 1.92. The Hall–Kier alpha value is -2.40. The van der Waals surface area contributed by atoms with Gasteiger partial charge in [-0.2, -0.15) is 0 Å². The number of carbonyl (C=O) groups excluding carboxylic acids is 1. The van der Waals surface area contributed by atoms with E-state index in [4.69, 9.17) is 23.7 Å². The molecule has 0 fully saturated rings. The number of benzene rings is 2. The van der Waals surface area contributed by atoms with Crippen LogP contribution < -0.4 is 16.8 Å². The van der Waals surface area contributed by atoms with E-state index in [2.05, 4.69) is 5.32 Å². The molecule has 0 saturated carbocycles. The summed E-state index contributed by atoms with van der Waals surface area (Å²) in [6.45, 7) is 0. The molecule has 20 heavy (non-hydrogen) atoms. The number of thiocarbonyl (C=S) groups is 1. The lowest BCUT2D eigenvalue weighted by molar-refractivity contribution is -0.118. The van der Waals surface area contributed by atoms with Crippen LogP contribution in [-0.2, 0) is 4.79 Å². The number of anilines is 1. The van der Waals surface area contributed by atoms with Crippen LogP contribution in [0, 0.1) is 0 Å². The summed E-state index contributed by atoms with van der Waals surface area (Å²) in [6, 6.07) is 13.5. The summed E-state index contributed by atoms with van der Waals surface area (Å²) in [5, 5.41) is 3.07. The van der Waals surface area contributed by atoms with Crippen LogP contribution in [0.15, 0.2) is 42.5 Å². The Morgan fingerprint density at radius 1 is 1.05 bits per heavy atom. The second kappa shape index (κ2) is 4.61. The van der Waals surface area contributed by atoms with Crippen LogP contribution >= 0.6 is 12.2 Å². The van der Waals surface area contributed by atoms with Crippen molar-refractivity contribution in [2.24, 2.45) is 11.5 Å². The number of fused-ring (bicyclic) bond motifs is 3. The van der Waals surface area contributed by atoms with Gasteiger partial charge in [-0.15, -0.1) is 0 Å². The zero-order valence-electron chi connectivity index (χ0n) is 10.6. The van der Waals surface area contributed by atoms with Gasteiger partial charge in [-0.1, -0.05) is 30.3 Å². The molecule has 4 nitrogen and oxygen atoms in total. The van der Waals surface area contributed by atoms with Gasteiger partial charge in [0, 0.05) is 5.69 Å². The highest BCUT2D eigenvalue weighted by Gasteiger charge is 2.32. The van der Waals surface area contributed by atoms with Gasteiger partial charge in [0.25, 0.3) is 0 Å². The summed E-state index contributed by atoms with van der Waals surface area (Å²) >= 11 is 4.83. The largest absolute Gasteiger partial charge is 0.376 e. The molecule has 100 valence electrons. The van der Waals surface area contributed by atoms with Crippen molar-refractivity contribution < 1.29 is 4.79 Å². The van der Waals surface area contributed by atoms with E-state index >= 15 is 0 Å². The molecule has 3 rings (SSSR count). The second-order valence-corrected chi connectivity index (χ2v) is 5.15. The van der Waals surface area contributed by atoms with Gasteiger partial charge in [-0.3, -0.25) is 4.79 Å². The number of hydrogen-bond donors (Lipinski definition) is 3. The Bertz CT molecular complexity index is 727. The fraction of sp³-hybridized carbons (Fsp3) is 0.0667. The standard InChI is InChI=1S/C15H13N3OS/c16-14(19)13-11-4-2-1-3-9(11)10-6-5-8(7-12(10)13)18-15(17)20/h1-7,13H,(H2,16,19)(H3,17,18,20). The van der Waals surface area contributed by atoms with Crippen molar-refractivity contribution in [3.63, 3.8) is 0 Å². The van der Waals surface area contributed by atoms with Crippen molar-refractivity contribution >= 4 is 28.9 Å². The summed E-state index contributed by atoms with van der Waals surface area (Å²) in [5.41, 5.74) is 15.7. The fourth-order valence-corrected chi connectivity index (χ4v) is 2.85. The Labute approximate surface area is 121 Å². The van der Waals surface area contributed by atoms with Gasteiger partial charge in [0.1, 0.15) is 0 Å². The van der Waals surface area contributed by atoms with Crippen molar-refractivity contribution in [1.82, 2.24) is 0 Å². The maximum Gasteiger partial charge on any atom is 0.229 e. The maximum absolute atomic E-state index is 11.8. The van der Waals surface area contributed by atoms with E-state index in [0.717, 1.165) is 27.9 Å². The van der Waals surface area contributed by atoms with Gasteiger partial charge in [-0.25, -0.2) is 0 Å². The van der Waals surface area contributed by atoms with Crippen molar-refractivity contribution in [3.8, 4) is 11.1 Å². The molecule has 1 amide bonds. The molecule has 0 aliphatic heterocycles. The number of rotatable bonds is 2. The first-order chi connectivity index (χ1) is 9.58. The summed E-state index contributed by atoms with van der Waals surface area (Å²) in [6.07, 6.45) is 0. The number of primary amides is 1. The molecule has 1 aliphatic carbocycles. The predicted octanol–water partition coefficient (Wildman–Crippen LogP) is 1.94. The highest BCUT2D eigenvalue weighted by molar-refractivity contribution is 7.80. The van der Waals surface area contributed by atoms with E-state index in [1.165, 1.54) is 0 Å². The number of carbonyl (C=O) groups is 1. The van der Waals surface area contributed by atoms with Gasteiger partial charge in [0.05, 0.1) is 5.92 Å². The number of hydrogen-bond acceptors (Lipinski definition) is 2.